The third-order valence-electron chi connectivity index (χ3n) is 3.68. The number of hydrogen-bond acceptors (Lipinski definition) is 4. The molecule has 0 saturated heterocycles. The van der Waals surface area contributed by atoms with Crippen LogP contribution >= 0.6 is 39.0 Å². The van der Waals surface area contributed by atoms with Crippen molar-refractivity contribution >= 4 is 56.5 Å². The van der Waals surface area contributed by atoms with E-state index in [1.54, 1.807) is 28.0 Å². The molecule has 1 aromatic heterocycles. The van der Waals surface area contributed by atoms with Gasteiger partial charge in [-0.1, -0.05) is 12.1 Å². The van der Waals surface area contributed by atoms with Crippen LogP contribution < -0.4 is 10.2 Å². The highest BCUT2D eigenvalue weighted by molar-refractivity contribution is 9.10. The fourth-order valence-electron chi connectivity index (χ4n) is 2.50. The number of amides is 2. The van der Waals surface area contributed by atoms with E-state index in [4.69, 9.17) is 0 Å². The molecule has 3 rings (SSSR count). The fourth-order valence-corrected chi connectivity index (χ4v) is 4.89. The topological polar surface area (TPSA) is 49.4 Å². The Hall–Kier alpha value is -1.31. The molecule has 0 radical (unpaired) electrons. The number of nitrogens with zero attached hydrogens (tertiary/aromatic N) is 1. The summed E-state index contributed by atoms with van der Waals surface area (Å²) in [5.41, 5.74) is 0.961. The SMILES string of the molecule is O=C(CCC(=O)N1CCSc2ccccc21)NCc1cc(Br)cs1. The Morgan fingerprint density at radius 3 is 2.88 bits per heavy atom. The molecular weight excluding hydrogens is 408 g/mol. The third-order valence-corrected chi connectivity index (χ3v) is 6.42. The maximum atomic E-state index is 12.5. The molecule has 1 aromatic carbocycles. The highest BCUT2D eigenvalue weighted by Gasteiger charge is 2.22. The molecule has 0 bridgehead atoms. The second-order valence-corrected chi connectivity index (χ2v) is 8.42. The largest absolute Gasteiger partial charge is 0.351 e. The van der Waals surface area contributed by atoms with Gasteiger partial charge in [-0.3, -0.25) is 9.59 Å². The van der Waals surface area contributed by atoms with Gasteiger partial charge in [0.25, 0.3) is 0 Å². The van der Waals surface area contributed by atoms with Crippen molar-refractivity contribution in [3.63, 3.8) is 0 Å². The van der Waals surface area contributed by atoms with Gasteiger partial charge in [-0.05, 0) is 34.1 Å². The molecule has 1 aliphatic heterocycles. The number of thiophene rings is 1. The summed E-state index contributed by atoms with van der Waals surface area (Å²) in [5.74, 6) is 0.812. The average molecular weight is 425 g/mol. The first-order chi connectivity index (χ1) is 11.6. The third kappa shape index (κ3) is 4.40. The van der Waals surface area contributed by atoms with Crippen molar-refractivity contribution in [2.45, 2.75) is 24.3 Å². The van der Waals surface area contributed by atoms with E-state index in [0.717, 1.165) is 25.7 Å². The van der Waals surface area contributed by atoms with E-state index in [1.807, 2.05) is 35.7 Å². The van der Waals surface area contributed by atoms with E-state index >= 15 is 0 Å². The fraction of sp³-hybridized carbons (Fsp3) is 0.294. The number of nitrogens with one attached hydrogen (secondary N) is 1. The van der Waals surface area contributed by atoms with E-state index in [1.165, 1.54) is 0 Å². The van der Waals surface area contributed by atoms with Gasteiger partial charge in [0.1, 0.15) is 0 Å². The molecule has 4 nitrogen and oxygen atoms in total. The molecule has 0 unspecified atom stereocenters. The normalized spacial score (nSPS) is 13.5. The van der Waals surface area contributed by atoms with Gasteiger partial charge in [0.15, 0.2) is 0 Å². The summed E-state index contributed by atoms with van der Waals surface area (Å²) in [6, 6.07) is 9.91. The summed E-state index contributed by atoms with van der Waals surface area (Å²) in [6.45, 7) is 1.21. The minimum atomic E-state index is -0.0902. The van der Waals surface area contributed by atoms with Crippen LogP contribution in [0.4, 0.5) is 5.69 Å². The molecule has 1 N–H and O–H groups in total. The van der Waals surface area contributed by atoms with Crippen molar-refractivity contribution in [3.05, 3.63) is 45.1 Å². The standard InChI is InChI=1S/C17H17BrN2O2S2/c18-12-9-13(24-11-12)10-19-16(21)5-6-17(22)20-7-8-23-15-4-2-1-3-14(15)20/h1-4,9,11H,5-8,10H2,(H,19,21). The number of carbonyl (C=O) groups is 2. The minimum absolute atomic E-state index is 0.0109. The lowest BCUT2D eigenvalue weighted by Gasteiger charge is -2.29. The van der Waals surface area contributed by atoms with Gasteiger partial charge in [-0.25, -0.2) is 0 Å². The summed E-state index contributed by atoms with van der Waals surface area (Å²) in [4.78, 5) is 28.5. The lowest BCUT2D eigenvalue weighted by Crippen LogP contribution is -2.36. The van der Waals surface area contributed by atoms with Crippen molar-refractivity contribution in [3.8, 4) is 0 Å². The van der Waals surface area contributed by atoms with Gasteiger partial charge in [-0.2, -0.15) is 0 Å². The second-order valence-electron chi connectivity index (χ2n) is 5.37. The average Bonchev–Trinajstić information content (AvgIpc) is 3.02. The zero-order chi connectivity index (χ0) is 16.9. The lowest BCUT2D eigenvalue weighted by atomic mass is 10.2. The number of benzene rings is 1. The summed E-state index contributed by atoms with van der Waals surface area (Å²) in [6.07, 6.45) is 0.455. The Balaban J connectivity index is 1.50. The Morgan fingerprint density at radius 2 is 2.08 bits per heavy atom. The molecule has 2 heterocycles. The van der Waals surface area contributed by atoms with Crippen molar-refractivity contribution < 1.29 is 9.59 Å². The number of rotatable bonds is 5. The number of anilines is 1. The van der Waals surface area contributed by atoms with Crippen molar-refractivity contribution in [2.24, 2.45) is 0 Å². The van der Waals surface area contributed by atoms with Crippen LogP contribution in [0.3, 0.4) is 0 Å². The minimum Gasteiger partial charge on any atom is -0.351 e. The maximum Gasteiger partial charge on any atom is 0.227 e. The second kappa shape index (κ2) is 8.18. The van der Waals surface area contributed by atoms with E-state index in [-0.39, 0.29) is 24.7 Å². The number of hydrogen-bond donors (Lipinski definition) is 1. The quantitative estimate of drug-likeness (QED) is 0.787. The van der Waals surface area contributed by atoms with Crippen LogP contribution in [0, 0.1) is 0 Å². The first-order valence-corrected chi connectivity index (χ1v) is 10.3. The van der Waals surface area contributed by atoms with E-state index in [0.29, 0.717) is 13.1 Å². The van der Waals surface area contributed by atoms with E-state index in [2.05, 4.69) is 21.2 Å². The number of para-hydroxylation sites is 1. The van der Waals surface area contributed by atoms with Crippen LogP contribution in [-0.4, -0.2) is 24.1 Å². The maximum absolute atomic E-state index is 12.5. The molecule has 2 amide bonds. The summed E-state index contributed by atoms with van der Waals surface area (Å²) in [7, 11) is 0. The van der Waals surface area contributed by atoms with Gasteiger partial charge >= 0.3 is 0 Å². The highest BCUT2D eigenvalue weighted by atomic mass is 79.9. The molecule has 0 fully saturated rings. The zero-order valence-corrected chi connectivity index (χ0v) is 16.2. The predicted molar refractivity (Wildman–Crippen MR) is 103 cm³/mol. The molecule has 7 heteroatoms. The smallest absolute Gasteiger partial charge is 0.227 e. The monoisotopic (exact) mass is 424 g/mol. The summed E-state index contributed by atoms with van der Waals surface area (Å²) >= 11 is 6.75. The molecule has 126 valence electrons. The van der Waals surface area contributed by atoms with Crippen LogP contribution in [0.5, 0.6) is 0 Å². The van der Waals surface area contributed by atoms with Gasteiger partial charge in [-0.15, -0.1) is 23.1 Å². The predicted octanol–water partition coefficient (Wildman–Crippen LogP) is 4.05. The van der Waals surface area contributed by atoms with Crippen LogP contribution in [-0.2, 0) is 16.1 Å². The molecule has 24 heavy (non-hydrogen) atoms. The number of carbonyl (C=O) groups excluding carboxylic acids is 2. The molecule has 2 aromatic rings. The molecule has 0 atom stereocenters. The van der Waals surface area contributed by atoms with E-state index in [9.17, 15) is 9.59 Å². The molecule has 0 saturated carbocycles. The molecule has 0 spiro atoms. The van der Waals surface area contributed by atoms with Crippen molar-refractivity contribution in [2.75, 3.05) is 17.2 Å². The summed E-state index contributed by atoms with van der Waals surface area (Å²) < 4.78 is 1.02. The van der Waals surface area contributed by atoms with E-state index < -0.39 is 0 Å². The first kappa shape index (κ1) is 17.5. The van der Waals surface area contributed by atoms with Crippen molar-refractivity contribution in [1.82, 2.24) is 5.32 Å². The Labute approximate surface area is 157 Å². The lowest BCUT2D eigenvalue weighted by molar-refractivity contribution is -0.125. The number of thioether (sulfide) groups is 1. The highest BCUT2D eigenvalue weighted by Crippen LogP contribution is 2.34. The van der Waals surface area contributed by atoms with Crippen LogP contribution in [0.2, 0.25) is 0 Å². The Bertz CT molecular complexity index is 748. The van der Waals surface area contributed by atoms with Crippen LogP contribution in [0.25, 0.3) is 0 Å². The van der Waals surface area contributed by atoms with Crippen molar-refractivity contribution in [1.29, 1.82) is 0 Å². The van der Waals surface area contributed by atoms with Gasteiger partial charge in [0.2, 0.25) is 11.8 Å². The molecular formula is C17H17BrN2O2S2. The van der Waals surface area contributed by atoms with Crippen LogP contribution in [0.15, 0.2) is 45.1 Å². The van der Waals surface area contributed by atoms with Gasteiger partial charge in [0, 0.05) is 44.8 Å². The van der Waals surface area contributed by atoms with Gasteiger partial charge in [0.05, 0.1) is 12.2 Å². The number of halogens is 1. The Kier molecular flexibility index (Phi) is 5.97. The first-order valence-electron chi connectivity index (χ1n) is 7.65. The molecule has 0 aliphatic carbocycles. The summed E-state index contributed by atoms with van der Waals surface area (Å²) in [5, 5.41) is 4.85. The van der Waals surface area contributed by atoms with Gasteiger partial charge < -0.3 is 10.2 Å². The molecule has 1 aliphatic rings. The Morgan fingerprint density at radius 1 is 1.25 bits per heavy atom. The zero-order valence-electron chi connectivity index (χ0n) is 13.0. The van der Waals surface area contributed by atoms with Crippen LogP contribution in [0.1, 0.15) is 17.7 Å². The number of fused-ring (bicyclic) bond motifs is 1.